The number of nitrogens with zero attached hydrogens (tertiary/aromatic N) is 4. The molecule has 8 nitrogen and oxygen atoms in total. The highest BCUT2D eigenvalue weighted by Gasteiger charge is 2.17. The topological polar surface area (TPSA) is 110 Å². The number of benzene rings is 1. The summed E-state index contributed by atoms with van der Waals surface area (Å²) in [5.41, 5.74) is 0.958. The van der Waals surface area contributed by atoms with Gasteiger partial charge in [-0.25, -0.2) is 9.07 Å². The van der Waals surface area contributed by atoms with Crippen LogP contribution in [-0.4, -0.2) is 48.6 Å². The number of halogens is 1. The lowest BCUT2D eigenvalue weighted by molar-refractivity contribution is -0.136. The van der Waals surface area contributed by atoms with Crippen LogP contribution in [-0.2, 0) is 11.8 Å². The number of rotatable bonds is 8. The molecule has 0 fully saturated rings. The van der Waals surface area contributed by atoms with E-state index in [0.29, 0.717) is 17.0 Å². The second kappa shape index (κ2) is 9.15. The first kappa shape index (κ1) is 20.4. The van der Waals surface area contributed by atoms with Crippen molar-refractivity contribution >= 4 is 11.5 Å². The summed E-state index contributed by atoms with van der Waals surface area (Å²) in [5, 5.41) is 30.9. The molecule has 0 amide bonds. The minimum Gasteiger partial charge on any atom is -0.426 e. The number of aryl methyl sites for hydroxylation is 2. The number of allylic oxidation sites excluding steroid dienone is 2. The van der Waals surface area contributed by atoms with E-state index in [-0.39, 0.29) is 18.6 Å². The van der Waals surface area contributed by atoms with Crippen molar-refractivity contribution in [1.29, 1.82) is 0 Å². The molecule has 0 saturated carbocycles. The molecule has 2 aromatic rings. The Morgan fingerprint density at radius 2 is 2.19 bits per heavy atom. The molecule has 2 unspecified atom stereocenters. The molecule has 0 saturated heterocycles. The molecule has 0 aliphatic carbocycles. The number of ether oxygens (including phenoxy) is 1. The van der Waals surface area contributed by atoms with E-state index in [0.717, 1.165) is 0 Å². The van der Waals surface area contributed by atoms with Gasteiger partial charge in [-0.2, -0.15) is 0 Å². The Balaban J connectivity index is 1.82. The molecule has 27 heavy (non-hydrogen) atoms. The van der Waals surface area contributed by atoms with Gasteiger partial charge in [0.25, 0.3) is 0 Å². The van der Waals surface area contributed by atoms with Crippen molar-refractivity contribution in [1.82, 2.24) is 20.2 Å². The van der Waals surface area contributed by atoms with Crippen LogP contribution in [0.5, 0.6) is 5.75 Å². The number of tetrazole rings is 1. The third-order valence-corrected chi connectivity index (χ3v) is 3.70. The van der Waals surface area contributed by atoms with Crippen molar-refractivity contribution in [3.63, 3.8) is 0 Å². The fourth-order valence-corrected chi connectivity index (χ4v) is 2.33. The minimum absolute atomic E-state index is 0.0711. The molecule has 1 heterocycles. The van der Waals surface area contributed by atoms with Crippen LogP contribution in [0.25, 0.3) is 5.57 Å². The van der Waals surface area contributed by atoms with E-state index in [4.69, 9.17) is 4.74 Å². The molecule has 1 aromatic heterocycles. The van der Waals surface area contributed by atoms with Crippen LogP contribution in [0.4, 0.5) is 4.39 Å². The molecular formula is C18H21FN4O4. The maximum Gasteiger partial charge on any atom is 0.313 e. The van der Waals surface area contributed by atoms with Gasteiger partial charge in [-0.1, -0.05) is 18.7 Å². The summed E-state index contributed by atoms with van der Waals surface area (Å²) in [6, 6.07) is 3.77. The van der Waals surface area contributed by atoms with Crippen molar-refractivity contribution in [2.75, 3.05) is 0 Å². The van der Waals surface area contributed by atoms with Crippen LogP contribution in [0.1, 0.15) is 24.2 Å². The lowest BCUT2D eigenvalue weighted by atomic mass is 10.1. The monoisotopic (exact) mass is 376 g/mol. The zero-order chi connectivity index (χ0) is 20.0. The molecule has 2 N–H and O–H groups in total. The van der Waals surface area contributed by atoms with Crippen LogP contribution < -0.4 is 4.74 Å². The van der Waals surface area contributed by atoms with Gasteiger partial charge in [0.1, 0.15) is 11.6 Å². The van der Waals surface area contributed by atoms with Gasteiger partial charge in [-0.3, -0.25) is 4.79 Å². The summed E-state index contributed by atoms with van der Waals surface area (Å²) in [6.07, 6.45) is 0.466. The summed E-state index contributed by atoms with van der Waals surface area (Å²) in [7, 11) is 1.66. The average molecular weight is 376 g/mol. The lowest BCUT2D eigenvalue weighted by Gasteiger charge is -2.13. The summed E-state index contributed by atoms with van der Waals surface area (Å²) in [4.78, 5) is 11.9. The highest BCUT2D eigenvalue weighted by Crippen LogP contribution is 2.19. The highest BCUT2D eigenvalue weighted by molar-refractivity contribution is 5.73. The maximum absolute atomic E-state index is 13.0. The zero-order valence-corrected chi connectivity index (χ0v) is 15.0. The molecule has 0 radical (unpaired) electrons. The quantitative estimate of drug-likeness (QED) is 0.406. The third kappa shape index (κ3) is 6.08. The predicted octanol–water partition coefficient (Wildman–Crippen LogP) is 1.33. The summed E-state index contributed by atoms with van der Waals surface area (Å²) >= 11 is 0. The van der Waals surface area contributed by atoms with Gasteiger partial charge >= 0.3 is 5.97 Å². The van der Waals surface area contributed by atoms with Crippen LogP contribution >= 0.6 is 0 Å². The van der Waals surface area contributed by atoms with E-state index in [2.05, 4.69) is 22.1 Å². The van der Waals surface area contributed by atoms with Gasteiger partial charge in [0.05, 0.1) is 18.6 Å². The van der Waals surface area contributed by atoms with Gasteiger partial charge in [0, 0.05) is 19.0 Å². The Morgan fingerprint density at radius 3 is 2.81 bits per heavy atom. The number of aromatic nitrogens is 4. The second-order valence-corrected chi connectivity index (χ2v) is 6.06. The van der Waals surface area contributed by atoms with Crippen molar-refractivity contribution in [3.8, 4) is 5.75 Å². The fourth-order valence-electron chi connectivity index (χ4n) is 2.33. The lowest BCUT2D eigenvalue weighted by Crippen LogP contribution is -2.22. The van der Waals surface area contributed by atoms with E-state index < -0.39 is 24.0 Å². The second-order valence-electron chi connectivity index (χ2n) is 6.06. The molecule has 0 aliphatic rings. The summed E-state index contributed by atoms with van der Waals surface area (Å²) < 4.78 is 19.6. The Bertz CT molecular complexity index is 850. The van der Waals surface area contributed by atoms with Crippen molar-refractivity contribution in [3.05, 3.63) is 54.1 Å². The van der Waals surface area contributed by atoms with Crippen molar-refractivity contribution < 1.29 is 24.1 Å². The van der Waals surface area contributed by atoms with Crippen LogP contribution in [0.3, 0.4) is 0 Å². The first-order chi connectivity index (χ1) is 12.8. The van der Waals surface area contributed by atoms with Crippen LogP contribution in [0.2, 0.25) is 0 Å². The van der Waals surface area contributed by atoms with Gasteiger partial charge in [0.15, 0.2) is 5.82 Å². The number of hydrogen-bond donors (Lipinski definition) is 2. The molecule has 0 spiro atoms. The molecule has 0 bridgehead atoms. The van der Waals surface area contributed by atoms with Gasteiger partial charge in [-0.05, 0) is 41.1 Å². The first-order valence-corrected chi connectivity index (χ1v) is 8.19. The molecule has 2 atom stereocenters. The molecule has 144 valence electrons. The summed E-state index contributed by atoms with van der Waals surface area (Å²) in [5.74, 6) is -0.441. The Hall–Kier alpha value is -2.91. The van der Waals surface area contributed by atoms with E-state index in [9.17, 15) is 19.4 Å². The number of hydrogen-bond acceptors (Lipinski definition) is 7. The van der Waals surface area contributed by atoms with Gasteiger partial charge in [-0.15, -0.1) is 5.10 Å². The van der Waals surface area contributed by atoms with Crippen LogP contribution in [0, 0.1) is 12.7 Å². The van der Waals surface area contributed by atoms with Gasteiger partial charge < -0.3 is 14.9 Å². The molecule has 2 rings (SSSR count). The molecule has 9 heteroatoms. The predicted molar refractivity (Wildman–Crippen MR) is 95.0 cm³/mol. The van der Waals surface area contributed by atoms with Crippen molar-refractivity contribution in [2.45, 2.75) is 32.0 Å². The minimum atomic E-state index is -1.11. The smallest absolute Gasteiger partial charge is 0.313 e. The Labute approximate surface area is 155 Å². The van der Waals surface area contributed by atoms with E-state index in [1.165, 1.54) is 35.0 Å². The van der Waals surface area contributed by atoms with Gasteiger partial charge in [0.2, 0.25) is 0 Å². The first-order valence-electron chi connectivity index (χ1n) is 8.19. The molecule has 1 aromatic carbocycles. The molecular weight excluding hydrogens is 355 g/mol. The Kier molecular flexibility index (Phi) is 6.91. The van der Waals surface area contributed by atoms with E-state index in [1.54, 1.807) is 14.0 Å². The van der Waals surface area contributed by atoms with E-state index >= 15 is 0 Å². The fraction of sp³-hybridized carbons (Fsp3) is 0.333. The van der Waals surface area contributed by atoms with Crippen LogP contribution in [0.15, 0.2) is 36.9 Å². The summed E-state index contributed by atoms with van der Waals surface area (Å²) in [6.45, 7) is 5.40. The zero-order valence-electron chi connectivity index (χ0n) is 15.0. The highest BCUT2D eigenvalue weighted by atomic mass is 19.1. The normalized spacial score (nSPS) is 13.5. The Morgan fingerprint density at radius 1 is 1.44 bits per heavy atom. The van der Waals surface area contributed by atoms with E-state index in [1.807, 2.05) is 0 Å². The largest absolute Gasteiger partial charge is 0.426 e. The third-order valence-electron chi connectivity index (χ3n) is 3.70. The SMILES string of the molecule is C=C(C=CC(O)CC(O)CC(=O)Oc1ccc(F)cc1C)c1nnnn1C. The number of aliphatic hydroxyl groups excluding tert-OH is 2. The standard InChI is InChI=1S/C18H21FN4O4/c1-11(18-20-21-22-23(18)3)4-6-14(24)9-15(25)10-17(26)27-16-7-5-13(19)8-12(16)2/h4-8,14-15,24-25H,1,9-10H2,2-3H3. The number of esters is 1. The maximum atomic E-state index is 13.0. The number of carbonyl (C=O) groups excluding carboxylic acids is 1. The number of aliphatic hydroxyl groups is 2. The number of carbonyl (C=O) groups is 1. The molecule has 0 aliphatic heterocycles. The van der Waals surface area contributed by atoms with Crippen molar-refractivity contribution in [2.24, 2.45) is 7.05 Å². The average Bonchev–Trinajstić information content (AvgIpc) is 3.01.